The summed E-state index contributed by atoms with van der Waals surface area (Å²) < 4.78 is 35.9. The molecule has 0 aliphatic heterocycles. The van der Waals surface area contributed by atoms with Crippen LogP contribution in [0.15, 0.2) is 9.98 Å². The molecule has 1 unspecified atom stereocenters. The molecule has 0 saturated heterocycles. The summed E-state index contributed by atoms with van der Waals surface area (Å²) in [6.07, 6.45) is 3.85. The maximum absolute atomic E-state index is 11.8. The Morgan fingerprint density at radius 1 is 1.11 bits per heavy atom. The first-order chi connectivity index (χ1) is 12.3. The van der Waals surface area contributed by atoms with E-state index in [1.807, 2.05) is 0 Å². The number of rotatable bonds is 13. The minimum Gasteiger partial charge on any atom is -0.748 e. The number of hydrogen-bond acceptors (Lipinski definition) is 10. The van der Waals surface area contributed by atoms with Crippen molar-refractivity contribution in [1.29, 1.82) is 0 Å². The molecule has 0 fully saturated rings. The maximum atomic E-state index is 11.8. The molecule has 0 heterocycles. The summed E-state index contributed by atoms with van der Waals surface area (Å²) >= 11 is 0. The molecule has 0 aromatic carbocycles. The van der Waals surface area contributed by atoms with Crippen molar-refractivity contribution in [3.05, 3.63) is 0 Å². The minimum atomic E-state index is -4.41. The Hall–Kier alpha value is -1.59. The van der Waals surface area contributed by atoms with E-state index in [2.05, 4.69) is 20.6 Å². The van der Waals surface area contributed by atoms with Gasteiger partial charge in [-0.25, -0.2) is 32.6 Å². The van der Waals surface area contributed by atoms with Crippen LogP contribution >= 0.6 is 0 Å². The van der Waals surface area contributed by atoms with Crippen molar-refractivity contribution < 1.29 is 66.4 Å². The Kier molecular flexibility index (Phi) is 17.0. The number of aliphatic imine (C=N–C) groups is 2. The smallest absolute Gasteiger partial charge is 0.748 e. The van der Waals surface area contributed by atoms with Crippen LogP contribution in [0.3, 0.4) is 0 Å². The quantitative estimate of drug-likeness (QED) is 0.0755. The van der Waals surface area contributed by atoms with Crippen LogP contribution < -0.4 is 40.2 Å². The summed E-state index contributed by atoms with van der Waals surface area (Å²) in [6, 6.07) is -1.77. The van der Waals surface area contributed by atoms with Crippen molar-refractivity contribution in [3.8, 4) is 0 Å². The summed E-state index contributed by atoms with van der Waals surface area (Å²) in [5.74, 6) is -1.51. The first-order valence-electron chi connectivity index (χ1n) is 7.52. The van der Waals surface area contributed by atoms with Crippen LogP contribution in [0.25, 0.3) is 0 Å². The maximum Gasteiger partial charge on any atom is 1.00 e. The third kappa shape index (κ3) is 17.6. The van der Waals surface area contributed by atoms with Gasteiger partial charge in [0.15, 0.2) is 6.04 Å². The normalized spacial score (nSPS) is 11.0. The first-order valence-corrected chi connectivity index (χ1v) is 9.10. The average Bonchev–Trinajstić information content (AvgIpc) is 2.56. The predicted molar refractivity (Wildman–Crippen MR) is 85.7 cm³/mol. The van der Waals surface area contributed by atoms with Gasteiger partial charge in [0, 0.05) is 6.54 Å². The van der Waals surface area contributed by atoms with E-state index in [4.69, 9.17) is 4.74 Å². The molecular weight excluding hydrogens is 395 g/mol. The average molecular weight is 414 g/mol. The number of unbranched alkanes of at least 4 members (excludes halogenated alkanes) is 1. The third-order valence-corrected chi connectivity index (χ3v) is 3.52. The van der Waals surface area contributed by atoms with E-state index < -0.39 is 33.9 Å². The molecule has 0 aromatic heterocycles. The Labute approximate surface area is 178 Å². The van der Waals surface area contributed by atoms with E-state index in [-0.39, 0.29) is 62.2 Å². The number of hydrogen-bond donors (Lipinski definition) is 2. The van der Waals surface area contributed by atoms with Crippen molar-refractivity contribution >= 4 is 34.3 Å². The Morgan fingerprint density at radius 3 is 2.37 bits per heavy atom. The second kappa shape index (κ2) is 16.6. The second-order valence-electron chi connectivity index (χ2n) is 4.82. The van der Waals surface area contributed by atoms with Gasteiger partial charge in [0.05, 0.1) is 29.0 Å². The number of nitrogens with one attached hydrogen (secondary N) is 2. The van der Waals surface area contributed by atoms with Crippen LogP contribution in [0.5, 0.6) is 0 Å². The topological polar surface area (TPSA) is 183 Å². The zero-order chi connectivity index (χ0) is 19.8. The standard InChI is InChI=1S/C13H20N4O8S.Na/c18-9-14-4-2-1-3-11(17-10-19)12(20)25-7-5-15-13(21)16-6-8-26(22,23)24;/h11H,1-8H2,(H2,15,16,21)(H,22,23,24);/q;+1/p-1. The van der Waals surface area contributed by atoms with Crippen LogP contribution in [-0.4, -0.2) is 75.2 Å². The fourth-order valence-electron chi connectivity index (χ4n) is 1.64. The molecule has 1 atom stereocenters. The molecule has 0 aliphatic carbocycles. The summed E-state index contributed by atoms with van der Waals surface area (Å²) in [6.45, 7) is -0.371. The molecular formula is C13H19N4NaO8S. The van der Waals surface area contributed by atoms with E-state index in [0.717, 1.165) is 0 Å². The summed E-state index contributed by atoms with van der Waals surface area (Å²) in [4.78, 5) is 50.0. The number of nitrogens with zero attached hydrogens (tertiary/aromatic N) is 2. The summed E-state index contributed by atoms with van der Waals surface area (Å²) in [5.41, 5.74) is 0. The van der Waals surface area contributed by atoms with Crippen molar-refractivity contribution in [2.24, 2.45) is 9.98 Å². The van der Waals surface area contributed by atoms with Gasteiger partial charge in [-0.2, -0.15) is 4.99 Å². The van der Waals surface area contributed by atoms with E-state index in [0.29, 0.717) is 12.8 Å². The molecule has 0 aromatic rings. The Bertz CT molecular complexity index is 659. The molecule has 2 N–H and O–H groups in total. The second-order valence-corrected chi connectivity index (χ2v) is 6.34. The number of amides is 2. The first kappa shape index (κ1) is 27.6. The predicted octanol–water partition coefficient (Wildman–Crippen LogP) is -4.41. The summed E-state index contributed by atoms with van der Waals surface area (Å²) in [5, 5.41) is 4.42. The van der Waals surface area contributed by atoms with Gasteiger partial charge in [0.25, 0.3) is 0 Å². The number of carbonyl (C=O) groups excluding carboxylic acids is 4. The van der Waals surface area contributed by atoms with Crippen molar-refractivity contribution in [2.45, 2.75) is 25.3 Å². The SMILES string of the molecule is O=C=NCCCCC(N=C=O)C(=O)OCCNC(=O)NCCS(=O)(=O)[O-].[Na+]. The van der Waals surface area contributed by atoms with Gasteiger partial charge in [-0.1, -0.05) is 0 Å². The fraction of sp³-hybridized carbons (Fsp3) is 0.692. The largest absolute Gasteiger partial charge is 1.00 e. The van der Waals surface area contributed by atoms with Crippen LogP contribution in [-0.2, 0) is 29.2 Å². The van der Waals surface area contributed by atoms with Gasteiger partial charge in [0.1, 0.15) is 6.61 Å². The molecule has 14 heteroatoms. The molecule has 0 bridgehead atoms. The van der Waals surface area contributed by atoms with Crippen molar-refractivity contribution in [1.82, 2.24) is 10.6 Å². The molecule has 0 saturated carbocycles. The molecule has 146 valence electrons. The summed E-state index contributed by atoms with van der Waals surface area (Å²) in [7, 11) is -4.41. The number of urea groups is 1. The Balaban J connectivity index is 0. The minimum absolute atomic E-state index is 0. The zero-order valence-corrected chi connectivity index (χ0v) is 17.6. The molecule has 0 radical (unpaired) electrons. The molecule has 27 heavy (non-hydrogen) atoms. The van der Waals surface area contributed by atoms with Gasteiger partial charge in [-0.15, -0.1) is 0 Å². The number of ether oxygens (including phenoxy) is 1. The van der Waals surface area contributed by atoms with Crippen LogP contribution in [0.1, 0.15) is 19.3 Å². The monoisotopic (exact) mass is 414 g/mol. The number of isocyanates is 2. The number of carbonyl (C=O) groups is 2. The molecule has 0 rings (SSSR count). The van der Waals surface area contributed by atoms with Crippen LogP contribution in [0, 0.1) is 0 Å². The fourth-order valence-corrected chi connectivity index (χ4v) is 1.99. The Morgan fingerprint density at radius 2 is 1.78 bits per heavy atom. The van der Waals surface area contributed by atoms with Gasteiger partial charge in [-0.3, -0.25) is 0 Å². The van der Waals surface area contributed by atoms with Crippen LogP contribution in [0.4, 0.5) is 4.79 Å². The van der Waals surface area contributed by atoms with E-state index in [1.54, 1.807) is 0 Å². The van der Waals surface area contributed by atoms with Crippen LogP contribution in [0.2, 0.25) is 0 Å². The van der Waals surface area contributed by atoms with Gasteiger partial charge in [-0.05, 0) is 19.3 Å². The molecule has 0 spiro atoms. The van der Waals surface area contributed by atoms with Crippen molar-refractivity contribution in [3.63, 3.8) is 0 Å². The zero-order valence-electron chi connectivity index (χ0n) is 14.8. The van der Waals surface area contributed by atoms with Crippen molar-refractivity contribution in [2.75, 3.05) is 32.0 Å². The molecule has 0 aliphatic rings. The van der Waals surface area contributed by atoms with Gasteiger partial charge >= 0.3 is 41.6 Å². The molecule has 12 nitrogen and oxygen atoms in total. The third-order valence-electron chi connectivity index (χ3n) is 2.81. The van der Waals surface area contributed by atoms with E-state index >= 15 is 0 Å². The number of esters is 1. The van der Waals surface area contributed by atoms with E-state index in [9.17, 15) is 32.1 Å². The van der Waals surface area contributed by atoms with E-state index in [1.165, 1.54) is 12.2 Å². The molecule has 2 amide bonds. The van der Waals surface area contributed by atoms with Gasteiger partial charge < -0.3 is 19.9 Å². The van der Waals surface area contributed by atoms with Gasteiger partial charge in [0.2, 0.25) is 12.2 Å².